The molecule has 18 heavy (non-hydrogen) atoms. The van der Waals surface area contributed by atoms with Crippen molar-refractivity contribution in [1.29, 1.82) is 0 Å². The van der Waals surface area contributed by atoms with Gasteiger partial charge in [-0.05, 0) is 12.3 Å². The molecule has 1 aliphatic carbocycles. The maximum atomic E-state index is 12.0. The third-order valence-electron chi connectivity index (χ3n) is 3.66. The van der Waals surface area contributed by atoms with Crippen LogP contribution in [0.2, 0.25) is 0 Å². The second-order valence-electron chi connectivity index (χ2n) is 5.32. The van der Waals surface area contributed by atoms with E-state index >= 15 is 0 Å². The van der Waals surface area contributed by atoms with Crippen LogP contribution in [0.4, 0.5) is 0 Å². The highest BCUT2D eigenvalue weighted by Crippen LogP contribution is 2.58. The first-order chi connectivity index (χ1) is 8.35. The molecule has 98 valence electrons. The Kier molecular flexibility index (Phi) is 2.88. The fourth-order valence-corrected chi connectivity index (χ4v) is 2.47. The first-order valence-corrected chi connectivity index (χ1v) is 5.88. The monoisotopic (exact) mass is 251 g/mol. The molecule has 0 radical (unpaired) electrons. The molecule has 3 unspecified atom stereocenters. The van der Waals surface area contributed by atoms with Gasteiger partial charge in [-0.1, -0.05) is 13.8 Å². The maximum absolute atomic E-state index is 12.0. The van der Waals surface area contributed by atoms with Crippen molar-refractivity contribution >= 4 is 11.9 Å². The minimum atomic E-state index is -0.911. The van der Waals surface area contributed by atoms with Gasteiger partial charge in [0.15, 0.2) is 0 Å². The smallest absolute Gasteiger partial charge is 0.307 e. The van der Waals surface area contributed by atoms with Crippen LogP contribution < -0.4 is 5.32 Å². The van der Waals surface area contributed by atoms with Crippen LogP contribution in [0.15, 0.2) is 12.4 Å². The Morgan fingerprint density at radius 3 is 2.61 bits per heavy atom. The minimum absolute atomic E-state index is 0.226. The molecule has 0 saturated heterocycles. The lowest BCUT2D eigenvalue weighted by Crippen LogP contribution is -2.30. The standard InChI is InChI=1S/C12H17N3O3/c1-6(9-13-4-5-14-9)15-10(16)7-8(11(17)18)12(7,2)3/h4-8H,1-3H3,(H,13,14)(H,15,16)(H,17,18). The van der Waals surface area contributed by atoms with Crippen LogP contribution in [0.5, 0.6) is 0 Å². The molecule has 1 aliphatic rings. The molecule has 0 spiro atoms. The van der Waals surface area contributed by atoms with Crippen molar-refractivity contribution in [1.82, 2.24) is 15.3 Å². The number of carbonyl (C=O) groups excluding carboxylic acids is 1. The molecule has 6 nitrogen and oxygen atoms in total. The van der Waals surface area contributed by atoms with Crippen LogP contribution in [0.25, 0.3) is 0 Å². The highest BCUT2D eigenvalue weighted by Gasteiger charge is 2.65. The van der Waals surface area contributed by atoms with E-state index in [-0.39, 0.29) is 11.9 Å². The Balaban J connectivity index is 2.00. The van der Waals surface area contributed by atoms with Gasteiger partial charge in [0.05, 0.1) is 17.9 Å². The van der Waals surface area contributed by atoms with E-state index in [9.17, 15) is 9.59 Å². The maximum Gasteiger partial charge on any atom is 0.307 e. The van der Waals surface area contributed by atoms with Crippen molar-refractivity contribution in [3.05, 3.63) is 18.2 Å². The lowest BCUT2D eigenvalue weighted by molar-refractivity contribution is -0.140. The van der Waals surface area contributed by atoms with Gasteiger partial charge in [0, 0.05) is 12.4 Å². The van der Waals surface area contributed by atoms with Crippen LogP contribution in [-0.4, -0.2) is 27.0 Å². The van der Waals surface area contributed by atoms with Gasteiger partial charge in [-0.2, -0.15) is 0 Å². The summed E-state index contributed by atoms with van der Waals surface area (Å²) in [6, 6.07) is -0.252. The van der Waals surface area contributed by atoms with Gasteiger partial charge in [-0.3, -0.25) is 9.59 Å². The number of hydrogen-bond acceptors (Lipinski definition) is 3. The Morgan fingerprint density at radius 2 is 2.17 bits per heavy atom. The van der Waals surface area contributed by atoms with E-state index in [1.54, 1.807) is 26.2 Å². The summed E-state index contributed by atoms with van der Waals surface area (Å²) < 4.78 is 0. The van der Waals surface area contributed by atoms with Gasteiger partial charge >= 0.3 is 5.97 Å². The topological polar surface area (TPSA) is 95.1 Å². The van der Waals surface area contributed by atoms with Crippen LogP contribution in [0, 0.1) is 17.3 Å². The summed E-state index contributed by atoms with van der Waals surface area (Å²) in [5.74, 6) is -1.54. The Hall–Kier alpha value is -1.85. The second-order valence-corrected chi connectivity index (χ2v) is 5.32. The van der Waals surface area contributed by atoms with Crippen molar-refractivity contribution < 1.29 is 14.7 Å². The van der Waals surface area contributed by atoms with Crippen molar-refractivity contribution in [2.75, 3.05) is 0 Å². The van der Waals surface area contributed by atoms with Crippen LogP contribution in [0.3, 0.4) is 0 Å². The number of rotatable bonds is 4. The molecule has 6 heteroatoms. The average molecular weight is 251 g/mol. The molecular weight excluding hydrogens is 234 g/mol. The number of carboxylic acids is 1. The van der Waals surface area contributed by atoms with Crippen LogP contribution in [-0.2, 0) is 9.59 Å². The van der Waals surface area contributed by atoms with Crippen LogP contribution >= 0.6 is 0 Å². The van der Waals surface area contributed by atoms with E-state index < -0.39 is 23.2 Å². The molecule has 1 aromatic rings. The molecule has 2 rings (SSSR count). The van der Waals surface area contributed by atoms with Gasteiger partial charge in [-0.25, -0.2) is 4.98 Å². The number of amides is 1. The van der Waals surface area contributed by atoms with Gasteiger partial charge in [0.25, 0.3) is 0 Å². The third-order valence-corrected chi connectivity index (χ3v) is 3.66. The van der Waals surface area contributed by atoms with Crippen LogP contribution in [0.1, 0.15) is 32.6 Å². The number of hydrogen-bond donors (Lipinski definition) is 3. The van der Waals surface area contributed by atoms with Crippen molar-refractivity contribution in [2.24, 2.45) is 17.3 Å². The number of carbonyl (C=O) groups is 2. The molecule has 0 aliphatic heterocycles. The predicted molar refractivity (Wildman–Crippen MR) is 63.5 cm³/mol. The quantitative estimate of drug-likeness (QED) is 0.742. The summed E-state index contributed by atoms with van der Waals surface area (Å²) in [5.41, 5.74) is -0.473. The van der Waals surface area contributed by atoms with E-state index in [1.165, 1.54) is 0 Å². The van der Waals surface area contributed by atoms with E-state index in [0.717, 1.165) is 0 Å². The number of nitrogens with one attached hydrogen (secondary N) is 2. The summed E-state index contributed by atoms with van der Waals surface area (Å²) in [4.78, 5) is 30.0. The number of carboxylic acid groups (broad SMARTS) is 1. The molecule has 3 N–H and O–H groups in total. The van der Waals surface area contributed by atoms with Crippen molar-refractivity contribution in [3.8, 4) is 0 Å². The van der Waals surface area contributed by atoms with Gasteiger partial charge in [0.1, 0.15) is 5.82 Å². The zero-order valence-electron chi connectivity index (χ0n) is 10.6. The zero-order chi connectivity index (χ0) is 13.5. The van der Waals surface area contributed by atoms with Gasteiger partial charge in [0.2, 0.25) is 5.91 Å². The molecule has 0 aromatic carbocycles. The number of H-pyrrole nitrogens is 1. The molecule has 1 saturated carbocycles. The Morgan fingerprint density at radius 1 is 1.50 bits per heavy atom. The summed E-state index contributed by atoms with van der Waals surface area (Å²) in [5, 5.41) is 11.8. The molecule has 3 atom stereocenters. The average Bonchev–Trinajstić information content (AvgIpc) is 2.67. The van der Waals surface area contributed by atoms with Gasteiger partial charge < -0.3 is 15.4 Å². The molecule has 1 heterocycles. The second kappa shape index (κ2) is 4.12. The van der Waals surface area contributed by atoms with E-state index in [2.05, 4.69) is 15.3 Å². The first-order valence-electron chi connectivity index (χ1n) is 5.88. The normalized spacial score (nSPS) is 26.4. The summed E-state index contributed by atoms with van der Waals surface area (Å²) in [6.45, 7) is 5.41. The first kappa shape index (κ1) is 12.6. The van der Waals surface area contributed by atoms with Crippen molar-refractivity contribution in [2.45, 2.75) is 26.8 Å². The summed E-state index contributed by atoms with van der Waals surface area (Å²) in [6.07, 6.45) is 3.29. The molecular formula is C12H17N3O3. The van der Waals surface area contributed by atoms with E-state index in [1.807, 2.05) is 6.92 Å². The summed E-state index contributed by atoms with van der Waals surface area (Å²) >= 11 is 0. The number of nitrogens with zero attached hydrogens (tertiary/aromatic N) is 1. The molecule has 1 aromatic heterocycles. The molecule has 1 amide bonds. The van der Waals surface area contributed by atoms with E-state index in [4.69, 9.17) is 5.11 Å². The lowest BCUT2D eigenvalue weighted by Gasteiger charge is -2.11. The molecule has 1 fully saturated rings. The van der Waals surface area contributed by atoms with E-state index in [0.29, 0.717) is 5.82 Å². The largest absolute Gasteiger partial charge is 0.481 e. The fraction of sp³-hybridized carbons (Fsp3) is 0.583. The number of aromatic amines is 1. The lowest BCUT2D eigenvalue weighted by atomic mass is 10.1. The number of aromatic nitrogens is 2. The number of aliphatic carboxylic acids is 1. The highest BCUT2D eigenvalue weighted by molar-refractivity contribution is 5.91. The third kappa shape index (κ3) is 1.98. The number of imidazole rings is 1. The van der Waals surface area contributed by atoms with Gasteiger partial charge in [-0.15, -0.1) is 0 Å². The Bertz CT molecular complexity index is 467. The fourth-order valence-electron chi connectivity index (χ4n) is 2.47. The predicted octanol–water partition coefficient (Wildman–Crippen LogP) is 0.944. The zero-order valence-corrected chi connectivity index (χ0v) is 10.6. The van der Waals surface area contributed by atoms with Crippen molar-refractivity contribution in [3.63, 3.8) is 0 Å². The Labute approximate surface area is 105 Å². The highest BCUT2D eigenvalue weighted by atomic mass is 16.4. The summed E-state index contributed by atoms with van der Waals surface area (Å²) in [7, 11) is 0. The minimum Gasteiger partial charge on any atom is -0.481 e. The molecule has 0 bridgehead atoms. The SMILES string of the molecule is CC(NC(=O)C1C(C(=O)O)C1(C)C)c1ncc[nH]1.